The molecule has 5 heteroatoms. The molecule has 0 aromatic heterocycles. The van der Waals surface area contributed by atoms with Crippen LogP contribution >= 0.6 is 0 Å². The van der Waals surface area contributed by atoms with Gasteiger partial charge in [-0.3, -0.25) is 0 Å². The van der Waals surface area contributed by atoms with E-state index in [2.05, 4.69) is 12.2 Å². The molecule has 1 atom stereocenters. The first kappa shape index (κ1) is 14.2. The summed E-state index contributed by atoms with van der Waals surface area (Å²) in [5.74, 6) is 1.02. The summed E-state index contributed by atoms with van der Waals surface area (Å²) < 4.78 is 42.8. The summed E-state index contributed by atoms with van der Waals surface area (Å²) in [6, 6.07) is 5.44. The third-order valence-corrected chi connectivity index (χ3v) is 3.33. The molecule has 1 fully saturated rings. The van der Waals surface area contributed by atoms with Gasteiger partial charge in [0, 0.05) is 12.6 Å². The Hall–Kier alpha value is -1.23. The Labute approximate surface area is 111 Å². The number of alkyl halides is 3. The lowest BCUT2D eigenvalue weighted by molar-refractivity contribution is -0.137. The van der Waals surface area contributed by atoms with Crippen LogP contribution in [0.4, 0.5) is 13.2 Å². The van der Waals surface area contributed by atoms with Gasteiger partial charge in [0.15, 0.2) is 0 Å². The minimum Gasteiger partial charge on any atom is -0.492 e. The topological polar surface area (TPSA) is 21.3 Å². The molecule has 0 saturated heterocycles. The number of nitrogens with one attached hydrogen (secondary N) is 1. The Kier molecular flexibility index (Phi) is 4.34. The maximum Gasteiger partial charge on any atom is 0.416 e. The van der Waals surface area contributed by atoms with Gasteiger partial charge in [0.05, 0.1) is 5.56 Å². The zero-order chi connectivity index (χ0) is 13.9. The van der Waals surface area contributed by atoms with Crippen molar-refractivity contribution in [1.29, 1.82) is 0 Å². The Morgan fingerprint density at radius 3 is 2.74 bits per heavy atom. The highest BCUT2D eigenvalue weighted by Crippen LogP contribution is 2.32. The van der Waals surface area contributed by atoms with Crippen LogP contribution in [0.1, 0.15) is 25.3 Å². The van der Waals surface area contributed by atoms with Gasteiger partial charge >= 0.3 is 6.18 Å². The van der Waals surface area contributed by atoms with E-state index in [1.54, 1.807) is 6.07 Å². The van der Waals surface area contributed by atoms with Crippen molar-refractivity contribution in [3.8, 4) is 5.75 Å². The van der Waals surface area contributed by atoms with Gasteiger partial charge < -0.3 is 10.1 Å². The van der Waals surface area contributed by atoms with Gasteiger partial charge in [-0.1, -0.05) is 6.07 Å². The van der Waals surface area contributed by atoms with Crippen molar-refractivity contribution in [1.82, 2.24) is 5.32 Å². The first-order chi connectivity index (χ1) is 8.97. The second kappa shape index (κ2) is 5.82. The molecule has 2 rings (SSSR count). The zero-order valence-electron chi connectivity index (χ0n) is 10.8. The number of benzene rings is 1. The first-order valence-corrected chi connectivity index (χ1v) is 6.50. The van der Waals surface area contributed by atoms with Crippen LogP contribution in [-0.4, -0.2) is 19.2 Å². The molecule has 1 aromatic carbocycles. The lowest BCUT2D eigenvalue weighted by atomic mass is 10.2. The van der Waals surface area contributed by atoms with Crippen molar-refractivity contribution < 1.29 is 17.9 Å². The summed E-state index contributed by atoms with van der Waals surface area (Å²) in [6.45, 7) is 3.15. The van der Waals surface area contributed by atoms with Crippen LogP contribution in [0.15, 0.2) is 24.3 Å². The summed E-state index contributed by atoms with van der Waals surface area (Å²) in [6.07, 6.45) is -1.79. The number of rotatable bonds is 6. The summed E-state index contributed by atoms with van der Waals surface area (Å²) in [5, 5.41) is 3.31. The molecule has 0 bridgehead atoms. The fraction of sp³-hybridized carbons (Fsp3) is 0.571. The molecule has 0 heterocycles. The highest BCUT2D eigenvalue weighted by atomic mass is 19.4. The normalized spacial score (nSPS) is 17.3. The van der Waals surface area contributed by atoms with Crippen molar-refractivity contribution in [2.24, 2.45) is 5.92 Å². The fourth-order valence-corrected chi connectivity index (χ4v) is 1.98. The molecule has 2 nitrogen and oxygen atoms in total. The quantitative estimate of drug-likeness (QED) is 0.801. The highest BCUT2D eigenvalue weighted by molar-refractivity contribution is 5.30. The molecule has 106 valence electrons. The Morgan fingerprint density at radius 1 is 1.37 bits per heavy atom. The van der Waals surface area contributed by atoms with Gasteiger partial charge in [-0.05, 0) is 43.9 Å². The Morgan fingerprint density at radius 2 is 2.11 bits per heavy atom. The van der Waals surface area contributed by atoms with Gasteiger partial charge in [0.1, 0.15) is 12.4 Å². The van der Waals surface area contributed by atoms with Crippen molar-refractivity contribution in [2.45, 2.75) is 32.0 Å². The summed E-state index contributed by atoms with van der Waals surface area (Å²) in [4.78, 5) is 0. The molecular weight excluding hydrogens is 255 g/mol. The molecule has 1 N–H and O–H groups in total. The van der Waals surface area contributed by atoms with Gasteiger partial charge in [0.25, 0.3) is 0 Å². The Balaban J connectivity index is 1.76. The molecule has 0 spiro atoms. The maximum atomic E-state index is 12.5. The largest absolute Gasteiger partial charge is 0.492 e. The molecule has 0 radical (unpaired) electrons. The van der Waals surface area contributed by atoms with E-state index in [1.807, 2.05) is 0 Å². The van der Waals surface area contributed by atoms with E-state index < -0.39 is 11.7 Å². The zero-order valence-corrected chi connectivity index (χ0v) is 10.8. The van der Waals surface area contributed by atoms with Crippen molar-refractivity contribution >= 4 is 0 Å². The van der Waals surface area contributed by atoms with E-state index in [0.29, 0.717) is 19.2 Å². The third kappa shape index (κ3) is 4.42. The minimum atomic E-state index is -4.32. The van der Waals surface area contributed by atoms with Crippen LogP contribution < -0.4 is 10.1 Å². The number of hydrogen-bond donors (Lipinski definition) is 1. The summed E-state index contributed by atoms with van der Waals surface area (Å²) >= 11 is 0. The van der Waals surface area contributed by atoms with Crippen LogP contribution in [0, 0.1) is 5.92 Å². The lowest BCUT2D eigenvalue weighted by Crippen LogP contribution is -2.31. The van der Waals surface area contributed by atoms with Gasteiger partial charge in [0.2, 0.25) is 0 Å². The van der Waals surface area contributed by atoms with Crippen LogP contribution in [0.3, 0.4) is 0 Å². The van der Waals surface area contributed by atoms with Crippen LogP contribution in [0.25, 0.3) is 0 Å². The van der Waals surface area contributed by atoms with Gasteiger partial charge in [-0.15, -0.1) is 0 Å². The Bertz CT molecular complexity index is 415. The van der Waals surface area contributed by atoms with Crippen molar-refractivity contribution in [2.75, 3.05) is 13.2 Å². The molecule has 1 aromatic rings. The molecule has 1 aliphatic rings. The molecule has 1 aliphatic carbocycles. The first-order valence-electron chi connectivity index (χ1n) is 6.50. The van der Waals surface area contributed by atoms with Gasteiger partial charge in [-0.25, -0.2) is 0 Å². The average Bonchev–Trinajstić information content (AvgIpc) is 3.18. The van der Waals surface area contributed by atoms with E-state index in [4.69, 9.17) is 4.74 Å². The van der Waals surface area contributed by atoms with E-state index in [1.165, 1.54) is 18.9 Å². The van der Waals surface area contributed by atoms with E-state index in [9.17, 15) is 13.2 Å². The molecule has 0 aliphatic heterocycles. The highest BCUT2D eigenvalue weighted by Gasteiger charge is 2.30. The lowest BCUT2D eigenvalue weighted by Gasteiger charge is -2.14. The van der Waals surface area contributed by atoms with Crippen molar-refractivity contribution in [3.63, 3.8) is 0 Å². The van der Waals surface area contributed by atoms with Crippen LogP contribution in [0.2, 0.25) is 0 Å². The summed E-state index contributed by atoms with van der Waals surface area (Å²) in [5.41, 5.74) is -0.677. The second-order valence-corrected chi connectivity index (χ2v) is 4.95. The monoisotopic (exact) mass is 273 g/mol. The van der Waals surface area contributed by atoms with E-state index >= 15 is 0 Å². The molecule has 1 unspecified atom stereocenters. The maximum absolute atomic E-state index is 12.5. The average molecular weight is 273 g/mol. The molecule has 19 heavy (non-hydrogen) atoms. The number of ether oxygens (including phenoxy) is 1. The fourth-order valence-electron chi connectivity index (χ4n) is 1.98. The number of hydrogen-bond acceptors (Lipinski definition) is 2. The standard InChI is InChI=1S/C14H18F3NO/c1-10(11-5-6-11)18-7-8-19-13-4-2-3-12(9-13)14(15,16)17/h2-4,9-11,18H,5-8H2,1H3. The number of halogens is 3. The predicted octanol–water partition coefficient (Wildman–Crippen LogP) is 3.47. The smallest absolute Gasteiger partial charge is 0.416 e. The SMILES string of the molecule is CC(NCCOc1cccc(C(F)(F)F)c1)C1CC1. The molecule has 1 saturated carbocycles. The minimum absolute atomic E-state index is 0.260. The van der Waals surface area contributed by atoms with E-state index in [0.717, 1.165) is 18.1 Å². The van der Waals surface area contributed by atoms with Gasteiger partial charge in [-0.2, -0.15) is 13.2 Å². The summed E-state index contributed by atoms with van der Waals surface area (Å²) in [7, 11) is 0. The van der Waals surface area contributed by atoms with Crippen LogP contribution in [0.5, 0.6) is 5.75 Å². The van der Waals surface area contributed by atoms with Crippen molar-refractivity contribution in [3.05, 3.63) is 29.8 Å². The van der Waals surface area contributed by atoms with E-state index in [-0.39, 0.29) is 5.75 Å². The molecular formula is C14H18F3NO. The van der Waals surface area contributed by atoms with Crippen LogP contribution in [-0.2, 0) is 6.18 Å². The predicted molar refractivity (Wildman–Crippen MR) is 67.1 cm³/mol. The second-order valence-electron chi connectivity index (χ2n) is 4.95. The third-order valence-electron chi connectivity index (χ3n) is 3.33. The molecule has 0 amide bonds.